The zero-order valence-corrected chi connectivity index (χ0v) is 13.7. The lowest BCUT2D eigenvalue weighted by atomic mass is 9.95. The van der Waals surface area contributed by atoms with Crippen LogP contribution in [0, 0.1) is 5.92 Å². The molecule has 2 rings (SSSR count). The Morgan fingerprint density at radius 2 is 2.14 bits per heavy atom. The molecule has 7 heteroatoms. The first-order valence-electron chi connectivity index (χ1n) is 7.24. The van der Waals surface area contributed by atoms with E-state index in [-0.39, 0.29) is 17.1 Å². The fourth-order valence-corrected chi connectivity index (χ4v) is 3.55. The van der Waals surface area contributed by atoms with Gasteiger partial charge in [0.2, 0.25) is 10.0 Å². The summed E-state index contributed by atoms with van der Waals surface area (Å²) < 4.78 is 22.5. The van der Waals surface area contributed by atoms with Gasteiger partial charge >= 0.3 is 0 Å². The lowest BCUT2D eigenvalue weighted by molar-refractivity contribution is 0.440. The second kappa shape index (κ2) is 5.88. The molecule has 1 aliphatic heterocycles. The minimum Gasteiger partial charge on any atom is -0.356 e. The third-order valence-electron chi connectivity index (χ3n) is 3.62. The van der Waals surface area contributed by atoms with Crippen LogP contribution in [0.15, 0.2) is 12.3 Å². The van der Waals surface area contributed by atoms with Gasteiger partial charge in [0.05, 0.1) is 5.75 Å². The lowest BCUT2D eigenvalue weighted by Crippen LogP contribution is -2.40. The minimum atomic E-state index is -3.42. The summed E-state index contributed by atoms with van der Waals surface area (Å²) in [5.41, 5.74) is -0.105. The highest BCUT2D eigenvalue weighted by Gasteiger charge is 2.25. The van der Waals surface area contributed by atoms with Crippen molar-refractivity contribution in [2.45, 2.75) is 39.0 Å². The fraction of sp³-hybridized carbons (Fsp3) is 0.714. The molecule has 118 valence electrons. The molecule has 0 bridgehead atoms. The smallest absolute Gasteiger partial charge is 0.209 e. The third kappa shape index (κ3) is 4.64. The van der Waals surface area contributed by atoms with E-state index in [9.17, 15) is 8.42 Å². The van der Waals surface area contributed by atoms with Crippen molar-refractivity contribution in [1.82, 2.24) is 9.97 Å². The van der Waals surface area contributed by atoms with E-state index in [1.54, 1.807) is 6.20 Å². The van der Waals surface area contributed by atoms with E-state index in [2.05, 4.69) is 35.6 Å². The van der Waals surface area contributed by atoms with Gasteiger partial charge in [-0.3, -0.25) is 0 Å². The van der Waals surface area contributed by atoms with Crippen LogP contribution >= 0.6 is 0 Å². The second-order valence-electron chi connectivity index (χ2n) is 6.77. The van der Waals surface area contributed by atoms with Crippen LogP contribution in [0.4, 0.5) is 5.82 Å². The molecule has 6 nitrogen and oxygen atoms in total. The topological polar surface area (TPSA) is 89.2 Å². The average Bonchev–Trinajstić information content (AvgIpc) is 2.36. The molecule has 2 N–H and O–H groups in total. The Kier molecular flexibility index (Phi) is 4.53. The van der Waals surface area contributed by atoms with Crippen molar-refractivity contribution in [3.63, 3.8) is 0 Å². The number of rotatable bonds is 3. The van der Waals surface area contributed by atoms with Crippen molar-refractivity contribution < 1.29 is 8.42 Å². The van der Waals surface area contributed by atoms with Crippen molar-refractivity contribution in [2.24, 2.45) is 11.1 Å². The minimum absolute atomic E-state index is 0.0424. The van der Waals surface area contributed by atoms with Gasteiger partial charge in [-0.25, -0.2) is 23.5 Å². The Balaban J connectivity index is 2.15. The quantitative estimate of drug-likeness (QED) is 0.908. The molecule has 0 radical (unpaired) electrons. The van der Waals surface area contributed by atoms with Gasteiger partial charge in [-0.15, -0.1) is 0 Å². The van der Waals surface area contributed by atoms with Gasteiger partial charge in [-0.1, -0.05) is 20.8 Å². The van der Waals surface area contributed by atoms with Crippen molar-refractivity contribution in [3.8, 4) is 0 Å². The van der Waals surface area contributed by atoms with E-state index in [0.717, 1.165) is 31.0 Å². The van der Waals surface area contributed by atoms with E-state index in [0.29, 0.717) is 6.54 Å². The standard InChI is InChI=1S/C14H24N4O2S/c1-14(2,3)13-16-7-6-12(17-13)18-8-4-5-11(9-18)10-21(15,19)20/h6-7,11H,4-5,8-10H2,1-3H3,(H2,15,19,20). The van der Waals surface area contributed by atoms with Crippen LogP contribution in [-0.4, -0.2) is 37.2 Å². The number of hydrogen-bond acceptors (Lipinski definition) is 5. The van der Waals surface area contributed by atoms with Crippen LogP contribution in [0.3, 0.4) is 0 Å². The predicted molar refractivity (Wildman–Crippen MR) is 83.6 cm³/mol. The first-order valence-corrected chi connectivity index (χ1v) is 8.95. The molecule has 0 saturated carbocycles. The van der Waals surface area contributed by atoms with Crippen molar-refractivity contribution in [3.05, 3.63) is 18.1 Å². The molecule has 1 aromatic rings. The van der Waals surface area contributed by atoms with Crippen molar-refractivity contribution in [2.75, 3.05) is 23.7 Å². The van der Waals surface area contributed by atoms with Crippen molar-refractivity contribution in [1.29, 1.82) is 0 Å². The second-order valence-corrected chi connectivity index (χ2v) is 8.43. The first-order chi connectivity index (χ1) is 9.65. The molecule has 1 aromatic heterocycles. The number of anilines is 1. The van der Waals surface area contributed by atoms with Crippen LogP contribution in [0.2, 0.25) is 0 Å². The van der Waals surface area contributed by atoms with Crippen LogP contribution in [0.5, 0.6) is 0 Å². The van der Waals surface area contributed by atoms with Gasteiger partial charge in [-0.05, 0) is 24.8 Å². The average molecular weight is 312 g/mol. The Hall–Kier alpha value is -1.21. The third-order valence-corrected chi connectivity index (χ3v) is 4.56. The number of nitrogens with zero attached hydrogens (tertiary/aromatic N) is 3. The molecule has 1 unspecified atom stereocenters. The summed E-state index contributed by atoms with van der Waals surface area (Å²) in [6.07, 6.45) is 3.62. The maximum atomic E-state index is 11.3. The molecule has 0 aromatic carbocycles. The fourth-order valence-electron chi connectivity index (χ4n) is 2.62. The van der Waals surface area contributed by atoms with Crippen LogP contribution < -0.4 is 10.0 Å². The van der Waals surface area contributed by atoms with Crippen molar-refractivity contribution >= 4 is 15.8 Å². The molecule has 0 aliphatic carbocycles. The van der Waals surface area contributed by atoms with E-state index in [1.807, 2.05) is 6.07 Å². The maximum absolute atomic E-state index is 11.3. The Morgan fingerprint density at radius 3 is 2.76 bits per heavy atom. The summed E-state index contributed by atoms with van der Waals surface area (Å²) in [5, 5.41) is 5.16. The molecular formula is C14H24N4O2S. The zero-order valence-electron chi connectivity index (χ0n) is 12.9. The molecule has 1 atom stereocenters. The van der Waals surface area contributed by atoms with E-state index in [4.69, 9.17) is 5.14 Å². The van der Waals surface area contributed by atoms with Gasteiger partial charge < -0.3 is 4.90 Å². The normalized spacial score (nSPS) is 20.6. The molecule has 1 fully saturated rings. The highest BCUT2D eigenvalue weighted by Crippen LogP contribution is 2.24. The summed E-state index contributed by atoms with van der Waals surface area (Å²) in [7, 11) is -3.42. The number of sulfonamides is 1. The lowest BCUT2D eigenvalue weighted by Gasteiger charge is -2.33. The maximum Gasteiger partial charge on any atom is 0.209 e. The zero-order chi connectivity index (χ0) is 15.7. The Morgan fingerprint density at radius 1 is 1.43 bits per heavy atom. The summed E-state index contributed by atoms with van der Waals surface area (Å²) in [6.45, 7) is 7.79. The highest BCUT2D eigenvalue weighted by atomic mass is 32.2. The summed E-state index contributed by atoms with van der Waals surface area (Å²) in [6, 6.07) is 1.88. The first kappa shape index (κ1) is 16.2. The van der Waals surface area contributed by atoms with E-state index in [1.165, 1.54) is 0 Å². The number of hydrogen-bond donors (Lipinski definition) is 1. The number of aromatic nitrogens is 2. The largest absolute Gasteiger partial charge is 0.356 e. The van der Waals surface area contributed by atoms with Gasteiger partial charge in [0.1, 0.15) is 11.6 Å². The molecule has 21 heavy (non-hydrogen) atoms. The van der Waals surface area contributed by atoms with Gasteiger partial charge in [0.25, 0.3) is 0 Å². The van der Waals surface area contributed by atoms with Gasteiger partial charge in [-0.2, -0.15) is 0 Å². The Bertz CT molecular complexity index is 595. The summed E-state index contributed by atoms with van der Waals surface area (Å²) in [4.78, 5) is 11.1. The monoisotopic (exact) mass is 312 g/mol. The predicted octanol–water partition coefficient (Wildman–Crippen LogP) is 1.28. The summed E-state index contributed by atoms with van der Waals surface area (Å²) in [5.74, 6) is 1.78. The molecular weight excluding hydrogens is 288 g/mol. The van der Waals surface area contributed by atoms with Crippen LogP contribution in [-0.2, 0) is 15.4 Å². The molecule has 1 saturated heterocycles. The van der Waals surface area contributed by atoms with E-state index < -0.39 is 10.0 Å². The number of primary sulfonamides is 1. The number of nitrogens with two attached hydrogens (primary N) is 1. The Labute approximate surface area is 126 Å². The van der Waals surface area contributed by atoms with E-state index >= 15 is 0 Å². The number of piperidine rings is 1. The van der Waals surface area contributed by atoms with Gasteiger partial charge in [0.15, 0.2) is 0 Å². The summed E-state index contributed by atoms with van der Waals surface area (Å²) >= 11 is 0. The molecule has 2 heterocycles. The molecule has 0 amide bonds. The SMILES string of the molecule is CC(C)(C)c1nccc(N2CCCC(CS(N)(=O)=O)C2)n1. The van der Waals surface area contributed by atoms with Gasteiger partial charge in [0, 0.05) is 24.7 Å². The van der Waals surface area contributed by atoms with Crippen LogP contribution in [0.1, 0.15) is 39.4 Å². The molecule has 1 aliphatic rings. The molecule has 0 spiro atoms. The highest BCUT2D eigenvalue weighted by molar-refractivity contribution is 7.89. The van der Waals surface area contributed by atoms with Crippen LogP contribution in [0.25, 0.3) is 0 Å².